The molecule has 0 aliphatic rings. The number of nitrogens with one attached hydrogen (secondary N) is 2. The van der Waals surface area contributed by atoms with Crippen molar-refractivity contribution in [3.05, 3.63) is 77.1 Å². The first kappa shape index (κ1) is 49.0. The molecule has 1 heterocycles. The van der Waals surface area contributed by atoms with Crippen LogP contribution in [0.15, 0.2) is 54.6 Å². The summed E-state index contributed by atoms with van der Waals surface area (Å²) in [4.78, 5) is 12.4. The largest absolute Gasteiger partial charge is 0.354 e. The number of aromatic nitrogens is 3. The van der Waals surface area contributed by atoms with Crippen LogP contribution in [0.4, 0.5) is 11.9 Å². The molecule has 0 bridgehead atoms. The van der Waals surface area contributed by atoms with Crippen molar-refractivity contribution in [2.24, 2.45) is 0 Å². The molecule has 0 aliphatic heterocycles. The molecule has 2 aromatic carbocycles. The number of rotatable bonds is 4. The van der Waals surface area contributed by atoms with Crippen LogP contribution in [0, 0.1) is 27.7 Å². The van der Waals surface area contributed by atoms with Crippen molar-refractivity contribution in [2.75, 3.05) is 23.7 Å². The van der Waals surface area contributed by atoms with Gasteiger partial charge in [-0.15, -0.1) is 0 Å². The standard InChI is InChI=1S/C8H15N5.C8H10.C7H8.C3H8.3C2H6.2CH4/c1-4-9-7-11-6(3)12-8(13-7)10-5-2;1-7-3-5-8(2)6-4-7;1-7-5-3-2-4-6-7;1-3-2;3*1-2;;/h4-5H2,1-3H3,(H2,9,10,11,12,13);3-6H,1-2H3;2-6H,1H3;3H2,1-2H3;3*1-2H3;2*1H4. The van der Waals surface area contributed by atoms with Gasteiger partial charge in [0.15, 0.2) is 0 Å². The highest BCUT2D eigenvalue weighted by Crippen LogP contribution is 2.03. The van der Waals surface area contributed by atoms with Gasteiger partial charge in [0.05, 0.1) is 0 Å². The molecule has 0 fully saturated rings. The SMILES string of the molecule is C.C.CC.CC.CC.CCC.CCNc1nc(C)nc(NCC)n1.Cc1ccc(C)cc1.Cc1ccccc1. The van der Waals surface area contributed by atoms with E-state index >= 15 is 0 Å². The predicted molar refractivity (Wildman–Crippen MR) is 183 cm³/mol. The minimum Gasteiger partial charge on any atom is -0.354 e. The van der Waals surface area contributed by atoms with Crippen LogP contribution in [0.25, 0.3) is 0 Å². The van der Waals surface area contributed by atoms with E-state index in [2.05, 4.69) is 96.6 Å². The third kappa shape index (κ3) is 35.1. The summed E-state index contributed by atoms with van der Waals surface area (Å²) in [5.74, 6) is 1.99. The van der Waals surface area contributed by atoms with E-state index in [1.807, 2.05) is 80.5 Å². The second kappa shape index (κ2) is 39.6. The molecule has 3 aromatic rings. The first-order valence-corrected chi connectivity index (χ1v) is 14.1. The molecule has 2 N–H and O–H groups in total. The van der Waals surface area contributed by atoms with Gasteiger partial charge in [-0.05, 0) is 41.5 Å². The summed E-state index contributed by atoms with van der Waals surface area (Å²) < 4.78 is 0. The van der Waals surface area contributed by atoms with Gasteiger partial charge in [-0.1, -0.05) is 148 Å². The molecule has 0 saturated heterocycles. The maximum Gasteiger partial charge on any atom is 0.227 e. The first-order valence-electron chi connectivity index (χ1n) is 14.1. The number of hydrogen-bond donors (Lipinski definition) is 2. The Bertz CT molecular complexity index is 758. The third-order valence-corrected chi connectivity index (χ3v) is 3.58. The van der Waals surface area contributed by atoms with E-state index in [-0.39, 0.29) is 14.9 Å². The van der Waals surface area contributed by atoms with E-state index in [1.165, 1.54) is 23.1 Å². The van der Waals surface area contributed by atoms with Crippen LogP contribution >= 0.6 is 0 Å². The van der Waals surface area contributed by atoms with Crippen LogP contribution in [-0.4, -0.2) is 28.0 Å². The van der Waals surface area contributed by atoms with Gasteiger partial charge in [-0.3, -0.25) is 0 Å². The lowest BCUT2D eigenvalue weighted by Crippen LogP contribution is -2.09. The first-order chi connectivity index (χ1) is 17.9. The molecule has 1 aromatic heterocycles. The van der Waals surface area contributed by atoms with Crippen molar-refractivity contribution in [3.63, 3.8) is 0 Å². The van der Waals surface area contributed by atoms with Gasteiger partial charge in [0, 0.05) is 13.1 Å². The average molecular weight is 546 g/mol. The van der Waals surface area contributed by atoms with Crippen LogP contribution in [-0.2, 0) is 0 Å². The topological polar surface area (TPSA) is 62.7 Å². The van der Waals surface area contributed by atoms with Gasteiger partial charge >= 0.3 is 0 Å². The molecule has 0 radical (unpaired) electrons. The highest BCUT2D eigenvalue weighted by Gasteiger charge is 2.00. The lowest BCUT2D eigenvalue weighted by atomic mass is 10.2. The molecule has 228 valence electrons. The fraction of sp³-hybridized carbons (Fsp3) is 0.559. The van der Waals surface area contributed by atoms with Gasteiger partial charge in [0.25, 0.3) is 0 Å². The van der Waals surface area contributed by atoms with Crippen LogP contribution < -0.4 is 10.6 Å². The fourth-order valence-corrected chi connectivity index (χ4v) is 2.13. The zero-order valence-electron chi connectivity index (χ0n) is 26.7. The molecular weight excluding hydrogens is 478 g/mol. The molecule has 39 heavy (non-hydrogen) atoms. The summed E-state index contributed by atoms with van der Waals surface area (Å²) >= 11 is 0. The summed E-state index contributed by atoms with van der Waals surface area (Å²) in [6.45, 7) is 30.0. The summed E-state index contributed by atoms with van der Waals surface area (Å²) in [7, 11) is 0. The van der Waals surface area contributed by atoms with Crippen LogP contribution in [0.2, 0.25) is 0 Å². The highest BCUT2D eigenvalue weighted by molar-refractivity contribution is 5.33. The molecule has 5 nitrogen and oxygen atoms in total. The van der Waals surface area contributed by atoms with E-state index in [9.17, 15) is 0 Å². The van der Waals surface area contributed by atoms with Crippen molar-refractivity contribution in [1.29, 1.82) is 0 Å². The Morgan fingerprint density at radius 1 is 0.487 bits per heavy atom. The van der Waals surface area contributed by atoms with Gasteiger partial charge in [-0.25, -0.2) is 0 Å². The summed E-state index contributed by atoms with van der Waals surface area (Å²) in [5, 5.41) is 6.09. The summed E-state index contributed by atoms with van der Waals surface area (Å²) in [5.41, 5.74) is 3.98. The van der Waals surface area contributed by atoms with Gasteiger partial charge < -0.3 is 10.6 Å². The maximum absolute atomic E-state index is 4.17. The molecule has 0 amide bonds. The van der Waals surface area contributed by atoms with Gasteiger partial charge in [0.2, 0.25) is 11.9 Å². The van der Waals surface area contributed by atoms with Gasteiger partial charge in [0.1, 0.15) is 5.82 Å². The van der Waals surface area contributed by atoms with Crippen molar-refractivity contribution in [2.45, 2.75) is 118 Å². The minimum absolute atomic E-state index is 0. The zero-order chi connectivity index (χ0) is 29.5. The minimum atomic E-state index is 0. The number of hydrogen-bond acceptors (Lipinski definition) is 5. The zero-order valence-corrected chi connectivity index (χ0v) is 26.7. The molecule has 0 saturated carbocycles. The number of benzene rings is 2. The second-order valence-corrected chi connectivity index (χ2v) is 7.11. The molecule has 0 spiro atoms. The fourth-order valence-electron chi connectivity index (χ4n) is 2.13. The Kier molecular flexibility index (Phi) is 49.8. The van der Waals surface area contributed by atoms with E-state index in [0.29, 0.717) is 11.9 Å². The second-order valence-electron chi connectivity index (χ2n) is 7.11. The summed E-state index contributed by atoms with van der Waals surface area (Å²) in [6.07, 6.45) is 1.25. The Hall–Kier alpha value is -2.95. The molecule has 5 heteroatoms. The lowest BCUT2D eigenvalue weighted by Gasteiger charge is -2.05. The Morgan fingerprint density at radius 2 is 0.769 bits per heavy atom. The van der Waals surface area contributed by atoms with Gasteiger partial charge in [-0.2, -0.15) is 15.0 Å². The average Bonchev–Trinajstić information content (AvgIpc) is 2.91. The predicted octanol–water partition coefficient (Wildman–Crippen LogP) is 11.1. The van der Waals surface area contributed by atoms with E-state index in [1.54, 1.807) is 0 Å². The number of nitrogens with zero attached hydrogens (tertiary/aromatic N) is 3. The highest BCUT2D eigenvalue weighted by atomic mass is 15.2. The molecule has 3 rings (SSSR count). The van der Waals surface area contributed by atoms with Crippen LogP contribution in [0.1, 0.15) is 113 Å². The molecule has 0 aliphatic carbocycles. The van der Waals surface area contributed by atoms with E-state index in [0.717, 1.165) is 18.9 Å². The molecular formula is C34H67N5. The smallest absolute Gasteiger partial charge is 0.227 e. The Labute approximate surface area is 245 Å². The quantitative estimate of drug-likeness (QED) is 0.341. The van der Waals surface area contributed by atoms with Crippen LogP contribution in [0.3, 0.4) is 0 Å². The van der Waals surface area contributed by atoms with Crippen molar-refractivity contribution >= 4 is 11.9 Å². The van der Waals surface area contributed by atoms with Crippen LogP contribution in [0.5, 0.6) is 0 Å². The molecule has 0 unspecified atom stereocenters. The maximum atomic E-state index is 4.17. The number of aryl methyl sites for hydroxylation is 4. The van der Waals surface area contributed by atoms with Crippen molar-refractivity contribution in [3.8, 4) is 0 Å². The monoisotopic (exact) mass is 546 g/mol. The Morgan fingerprint density at radius 3 is 1.00 bits per heavy atom. The van der Waals surface area contributed by atoms with Crippen molar-refractivity contribution < 1.29 is 0 Å². The number of anilines is 2. The lowest BCUT2D eigenvalue weighted by molar-refractivity contribution is 0.951. The third-order valence-electron chi connectivity index (χ3n) is 3.58. The van der Waals surface area contributed by atoms with E-state index in [4.69, 9.17) is 0 Å². The Balaban J connectivity index is -0.0000000919. The van der Waals surface area contributed by atoms with Crippen molar-refractivity contribution in [1.82, 2.24) is 15.0 Å². The summed E-state index contributed by atoms with van der Waals surface area (Å²) in [6, 6.07) is 18.7. The molecule has 0 atom stereocenters. The normalized spacial score (nSPS) is 7.64. The van der Waals surface area contributed by atoms with E-state index < -0.39 is 0 Å².